The molecule has 1 aromatic heterocycles. The number of aromatic nitrogens is 1. The van der Waals surface area contributed by atoms with Gasteiger partial charge in [-0.2, -0.15) is 0 Å². The summed E-state index contributed by atoms with van der Waals surface area (Å²) in [6.07, 6.45) is 0. The van der Waals surface area contributed by atoms with E-state index in [1.54, 1.807) is 0 Å². The number of benzene rings is 2. The number of hydrogen-bond acceptors (Lipinski definition) is 3. The first kappa shape index (κ1) is 14.0. The molecule has 2 aromatic carbocycles. The number of carboxylic acids is 1. The van der Waals surface area contributed by atoms with Crippen molar-refractivity contribution in [2.24, 2.45) is 0 Å². The second-order valence-corrected chi connectivity index (χ2v) is 5.05. The Hall–Kier alpha value is -2.95. The van der Waals surface area contributed by atoms with E-state index in [-0.39, 0.29) is 0 Å². The Morgan fingerprint density at radius 2 is 1.50 bits per heavy atom. The van der Waals surface area contributed by atoms with Gasteiger partial charge in [-0.05, 0) is 19.1 Å². The average Bonchev–Trinajstić information content (AvgIpc) is 2.52. The molecule has 0 radical (unpaired) electrons. The number of aliphatic carboxylic acids is 1. The molecule has 0 fully saturated rings. The predicted molar refractivity (Wildman–Crippen MR) is 83.8 cm³/mol. The van der Waals surface area contributed by atoms with Crippen LogP contribution in [0.15, 0.2) is 48.5 Å². The highest BCUT2D eigenvalue weighted by molar-refractivity contribution is 6.16. The number of fused-ring (bicyclic) bond motifs is 2. The van der Waals surface area contributed by atoms with Crippen molar-refractivity contribution in [2.75, 3.05) is 0 Å². The van der Waals surface area contributed by atoms with E-state index >= 15 is 0 Å². The van der Waals surface area contributed by atoms with Gasteiger partial charge in [0.25, 0.3) is 5.91 Å². The van der Waals surface area contributed by atoms with E-state index in [0.717, 1.165) is 0 Å². The summed E-state index contributed by atoms with van der Waals surface area (Å²) in [6.45, 7) is 1.44. The molecule has 1 atom stereocenters. The van der Waals surface area contributed by atoms with Gasteiger partial charge in [-0.25, -0.2) is 4.98 Å². The molecule has 1 amide bonds. The van der Waals surface area contributed by atoms with Gasteiger partial charge < -0.3 is 10.4 Å². The average molecular weight is 294 g/mol. The van der Waals surface area contributed by atoms with Crippen molar-refractivity contribution in [3.05, 3.63) is 54.1 Å². The first-order valence-electron chi connectivity index (χ1n) is 6.89. The fourth-order valence-electron chi connectivity index (χ4n) is 2.42. The highest BCUT2D eigenvalue weighted by Gasteiger charge is 2.20. The van der Waals surface area contributed by atoms with E-state index in [9.17, 15) is 9.59 Å². The number of carbonyl (C=O) groups excluding carboxylic acids is 1. The van der Waals surface area contributed by atoms with Gasteiger partial charge in [0.1, 0.15) is 6.04 Å². The summed E-state index contributed by atoms with van der Waals surface area (Å²) in [5.41, 5.74) is 1.86. The third kappa shape index (κ3) is 2.37. The molecule has 22 heavy (non-hydrogen) atoms. The SMILES string of the molecule is C[C@@H](NC(=O)c1c2ccccc2nc2ccccc12)C(=O)O. The molecule has 0 saturated heterocycles. The van der Waals surface area contributed by atoms with E-state index in [1.165, 1.54) is 6.92 Å². The van der Waals surface area contributed by atoms with Crippen LogP contribution in [0.3, 0.4) is 0 Å². The molecule has 0 bridgehead atoms. The molecule has 0 spiro atoms. The zero-order valence-electron chi connectivity index (χ0n) is 11.9. The van der Waals surface area contributed by atoms with Crippen LogP contribution in [-0.2, 0) is 4.79 Å². The summed E-state index contributed by atoms with van der Waals surface area (Å²) in [5.74, 6) is -1.49. The minimum absolute atomic E-state index is 0.412. The third-order valence-corrected chi connectivity index (χ3v) is 3.53. The highest BCUT2D eigenvalue weighted by Crippen LogP contribution is 2.25. The smallest absolute Gasteiger partial charge is 0.325 e. The molecule has 0 unspecified atom stereocenters. The second-order valence-electron chi connectivity index (χ2n) is 5.05. The Bertz CT molecular complexity index is 835. The van der Waals surface area contributed by atoms with Crippen LogP contribution in [0.5, 0.6) is 0 Å². The Morgan fingerprint density at radius 1 is 1.00 bits per heavy atom. The molecule has 2 N–H and O–H groups in total. The number of para-hydroxylation sites is 2. The van der Waals surface area contributed by atoms with E-state index in [0.29, 0.717) is 27.4 Å². The summed E-state index contributed by atoms with van der Waals surface area (Å²) in [4.78, 5) is 28.1. The van der Waals surface area contributed by atoms with Gasteiger partial charge in [-0.3, -0.25) is 9.59 Å². The van der Waals surface area contributed by atoms with Gasteiger partial charge >= 0.3 is 5.97 Å². The standard InChI is InChI=1S/C17H14N2O3/c1-10(17(21)22)18-16(20)15-11-6-2-4-8-13(11)19-14-9-5-3-7-12(14)15/h2-10H,1H3,(H,18,20)(H,21,22)/t10-/m1/s1. The summed E-state index contributed by atoms with van der Waals surface area (Å²) in [5, 5.41) is 12.9. The summed E-state index contributed by atoms with van der Waals surface area (Å²) in [7, 11) is 0. The molecular formula is C17H14N2O3. The normalized spacial score (nSPS) is 12.2. The van der Waals surface area contributed by atoms with E-state index in [2.05, 4.69) is 10.3 Å². The Morgan fingerprint density at radius 3 is 2.00 bits per heavy atom. The topological polar surface area (TPSA) is 79.3 Å². The largest absolute Gasteiger partial charge is 0.480 e. The van der Waals surface area contributed by atoms with Crippen LogP contribution in [0.1, 0.15) is 17.3 Å². The lowest BCUT2D eigenvalue weighted by atomic mass is 10.0. The first-order chi connectivity index (χ1) is 10.6. The maximum atomic E-state index is 12.6. The van der Waals surface area contributed by atoms with Crippen molar-refractivity contribution in [1.82, 2.24) is 10.3 Å². The molecule has 0 aliphatic rings. The third-order valence-electron chi connectivity index (χ3n) is 3.53. The van der Waals surface area contributed by atoms with Crippen LogP contribution in [0, 0.1) is 0 Å². The zero-order chi connectivity index (χ0) is 15.7. The molecule has 0 aliphatic carbocycles. The lowest BCUT2D eigenvalue weighted by molar-refractivity contribution is -0.138. The molecule has 5 heteroatoms. The zero-order valence-corrected chi connectivity index (χ0v) is 11.9. The van der Waals surface area contributed by atoms with Crippen molar-refractivity contribution in [2.45, 2.75) is 13.0 Å². The fraction of sp³-hybridized carbons (Fsp3) is 0.118. The molecule has 110 valence electrons. The van der Waals surface area contributed by atoms with Crippen LogP contribution < -0.4 is 5.32 Å². The molecule has 0 aliphatic heterocycles. The van der Waals surface area contributed by atoms with Gasteiger partial charge in [-0.1, -0.05) is 36.4 Å². The number of carbonyl (C=O) groups is 2. The predicted octanol–water partition coefficient (Wildman–Crippen LogP) is 2.59. The summed E-state index contributed by atoms with van der Waals surface area (Å²) in [6, 6.07) is 13.7. The van der Waals surface area contributed by atoms with E-state index in [1.807, 2.05) is 48.5 Å². The number of amides is 1. The molecule has 1 heterocycles. The second kappa shape index (κ2) is 5.44. The van der Waals surface area contributed by atoms with Crippen molar-refractivity contribution >= 4 is 33.7 Å². The lowest BCUT2D eigenvalue weighted by Crippen LogP contribution is -2.38. The monoisotopic (exact) mass is 294 g/mol. The fourth-order valence-corrected chi connectivity index (χ4v) is 2.42. The van der Waals surface area contributed by atoms with Gasteiger partial charge in [0.05, 0.1) is 16.6 Å². The first-order valence-corrected chi connectivity index (χ1v) is 6.89. The Labute approximate surface area is 126 Å². The van der Waals surface area contributed by atoms with Crippen LogP contribution >= 0.6 is 0 Å². The lowest BCUT2D eigenvalue weighted by Gasteiger charge is -2.13. The molecule has 0 saturated carbocycles. The molecule has 3 aromatic rings. The molecule has 3 rings (SSSR count). The maximum absolute atomic E-state index is 12.6. The Kier molecular flexibility index (Phi) is 3.47. The quantitative estimate of drug-likeness (QED) is 0.728. The van der Waals surface area contributed by atoms with Gasteiger partial charge in [0.15, 0.2) is 0 Å². The number of pyridine rings is 1. The number of rotatable bonds is 3. The number of nitrogens with one attached hydrogen (secondary N) is 1. The van der Waals surface area contributed by atoms with Crippen LogP contribution in [0.4, 0.5) is 0 Å². The van der Waals surface area contributed by atoms with Crippen LogP contribution in [0.25, 0.3) is 21.8 Å². The molecule has 5 nitrogen and oxygen atoms in total. The van der Waals surface area contributed by atoms with Crippen molar-refractivity contribution < 1.29 is 14.7 Å². The summed E-state index contributed by atoms with van der Waals surface area (Å²) < 4.78 is 0. The van der Waals surface area contributed by atoms with Crippen molar-refractivity contribution in [3.63, 3.8) is 0 Å². The van der Waals surface area contributed by atoms with E-state index in [4.69, 9.17) is 5.11 Å². The van der Waals surface area contributed by atoms with Crippen molar-refractivity contribution in [1.29, 1.82) is 0 Å². The minimum Gasteiger partial charge on any atom is -0.480 e. The van der Waals surface area contributed by atoms with Gasteiger partial charge in [0, 0.05) is 10.8 Å². The van der Waals surface area contributed by atoms with Gasteiger partial charge in [0.2, 0.25) is 0 Å². The number of hydrogen-bond donors (Lipinski definition) is 2. The number of nitrogens with zero attached hydrogens (tertiary/aromatic N) is 1. The Balaban J connectivity index is 2.24. The van der Waals surface area contributed by atoms with Crippen LogP contribution in [0.2, 0.25) is 0 Å². The van der Waals surface area contributed by atoms with Crippen molar-refractivity contribution in [3.8, 4) is 0 Å². The van der Waals surface area contributed by atoms with Gasteiger partial charge in [-0.15, -0.1) is 0 Å². The summed E-state index contributed by atoms with van der Waals surface area (Å²) >= 11 is 0. The maximum Gasteiger partial charge on any atom is 0.325 e. The highest BCUT2D eigenvalue weighted by atomic mass is 16.4. The number of carboxylic acid groups (broad SMARTS) is 1. The minimum atomic E-state index is -1.07. The van der Waals surface area contributed by atoms with E-state index < -0.39 is 17.9 Å². The van der Waals surface area contributed by atoms with Crippen LogP contribution in [-0.4, -0.2) is 28.0 Å². The molecular weight excluding hydrogens is 280 g/mol.